The van der Waals surface area contributed by atoms with Crippen molar-refractivity contribution < 1.29 is 9.53 Å². The Kier molecular flexibility index (Phi) is 2.89. The second kappa shape index (κ2) is 3.94. The van der Waals surface area contributed by atoms with Crippen LogP contribution in [0.1, 0.15) is 53.4 Å². The van der Waals surface area contributed by atoms with E-state index in [0.717, 1.165) is 12.3 Å². The third-order valence-corrected chi connectivity index (χ3v) is 3.76. The van der Waals surface area contributed by atoms with Crippen LogP contribution in [0.2, 0.25) is 0 Å². The van der Waals surface area contributed by atoms with E-state index >= 15 is 0 Å². The zero-order valence-corrected chi connectivity index (χ0v) is 10.8. The average molecular weight is 225 g/mol. The van der Waals surface area contributed by atoms with Gasteiger partial charge in [-0.15, -0.1) is 0 Å². The van der Waals surface area contributed by atoms with Gasteiger partial charge in [-0.2, -0.15) is 0 Å². The number of fused-ring (bicyclic) bond motifs is 2. The summed E-state index contributed by atoms with van der Waals surface area (Å²) < 4.78 is 5.49. The molecule has 0 spiro atoms. The van der Waals surface area contributed by atoms with Crippen molar-refractivity contribution in [2.75, 3.05) is 0 Å². The maximum atomic E-state index is 12.1. The summed E-state index contributed by atoms with van der Waals surface area (Å²) in [5.41, 5.74) is -0.378. The van der Waals surface area contributed by atoms with E-state index in [2.05, 4.69) is 6.92 Å². The second-order valence-corrected chi connectivity index (χ2v) is 6.09. The van der Waals surface area contributed by atoms with Gasteiger partial charge in [-0.05, 0) is 52.4 Å². The third-order valence-electron chi connectivity index (χ3n) is 3.76. The summed E-state index contributed by atoms with van der Waals surface area (Å²) in [6.07, 6.45) is 4.60. The van der Waals surface area contributed by atoms with Crippen molar-refractivity contribution in [3.63, 3.8) is 0 Å². The normalized spacial score (nSPS) is 33.2. The Hall–Kier alpha value is -0.730. The van der Waals surface area contributed by atoms with Gasteiger partial charge in [0, 0.05) is 12.1 Å². The topological polar surface area (TPSA) is 29.5 Å². The molecule has 3 nitrogen and oxygen atoms in total. The largest absolute Gasteiger partial charge is 0.444 e. The molecule has 2 aliphatic rings. The van der Waals surface area contributed by atoms with Gasteiger partial charge in [0.1, 0.15) is 5.60 Å². The van der Waals surface area contributed by atoms with Gasteiger partial charge in [-0.1, -0.05) is 6.92 Å². The quantitative estimate of drug-likeness (QED) is 0.686. The molecule has 1 aliphatic carbocycles. The lowest BCUT2D eigenvalue weighted by atomic mass is 9.97. The van der Waals surface area contributed by atoms with Crippen LogP contribution in [0.3, 0.4) is 0 Å². The standard InChI is InChI=1S/C13H23NO2/c1-5-11-9-6-7-10(8-9)14(11)12(15)16-13(2,3)4/h9-11H,5-8H2,1-4H3/t9-,10+,11+/m0/s1. The Labute approximate surface area is 98.1 Å². The molecule has 2 bridgehead atoms. The molecule has 1 saturated carbocycles. The highest BCUT2D eigenvalue weighted by atomic mass is 16.6. The molecule has 3 atom stereocenters. The molecular formula is C13H23NO2. The highest BCUT2D eigenvalue weighted by Crippen LogP contribution is 2.44. The highest BCUT2D eigenvalue weighted by Gasteiger charge is 2.48. The number of piperidine rings is 1. The lowest BCUT2D eigenvalue weighted by Crippen LogP contribution is -2.46. The molecule has 1 amide bonds. The van der Waals surface area contributed by atoms with Crippen molar-refractivity contribution in [1.29, 1.82) is 0 Å². The van der Waals surface area contributed by atoms with Crippen LogP contribution in [0.25, 0.3) is 0 Å². The van der Waals surface area contributed by atoms with Gasteiger partial charge in [-0.3, -0.25) is 0 Å². The lowest BCUT2D eigenvalue weighted by Gasteiger charge is -2.36. The molecule has 0 radical (unpaired) electrons. The van der Waals surface area contributed by atoms with Crippen molar-refractivity contribution >= 4 is 6.09 Å². The fourth-order valence-electron chi connectivity index (χ4n) is 3.22. The van der Waals surface area contributed by atoms with Crippen LogP contribution in [0.4, 0.5) is 4.79 Å². The van der Waals surface area contributed by atoms with E-state index in [4.69, 9.17) is 4.74 Å². The molecule has 3 heteroatoms. The number of nitrogens with zero attached hydrogens (tertiary/aromatic N) is 1. The van der Waals surface area contributed by atoms with Crippen LogP contribution in [-0.2, 0) is 4.74 Å². The minimum Gasteiger partial charge on any atom is -0.444 e. The summed E-state index contributed by atoms with van der Waals surface area (Å²) in [5, 5.41) is 0. The fourth-order valence-corrected chi connectivity index (χ4v) is 3.22. The number of carbonyl (C=O) groups is 1. The molecule has 1 saturated heterocycles. The number of likely N-dealkylation sites (tertiary alicyclic amines) is 1. The Bertz CT molecular complexity index is 282. The predicted molar refractivity (Wildman–Crippen MR) is 63.3 cm³/mol. The summed E-state index contributed by atoms with van der Waals surface area (Å²) in [4.78, 5) is 14.1. The summed E-state index contributed by atoms with van der Waals surface area (Å²) in [6, 6.07) is 0.874. The maximum absolute atomic E-state index is 12.1. The maximum Gasteiger partial charge on any atom is 0.410 e. The van der Waals surface area contributed by atoms with E-state index in [0.29, 0.717) is 12.1 Å². The third kappa shape index (κ3) is 2.04. The SMILES string of the molecule is CC[C@@H]1[C@H]2CC[C@H](C2)N1C(=O)OC(C)(C)C. The van der Waals surface area contributed by atoms with Gasteiger partial charge in [-0.25, -0.2) is 4.79 Å². The lowest BCUT2D eigenvalue weighted by molar-refractivity contribution is 0.00711. The molecule has 0 aromatic rings. The summed E-state index contributed by atoms with van der Waals surface area (Å²) in [6.45, 7) is 7.96. The van der Waals surface area contributed by atoms with Gasteiger partial charge in [0.2, 0.25) is 0 Å². The minimum absolute atomic E-state index is 0.105. The molecule has 92 valence electrons. The van der Waals surface area contributed by atoms with Crippen LogP contribution in [0, 0.1) is 5.92 Å². The van der Waals surface area contributed by atoms with Crippen molar-refractivity contribution in [3.05, 3.63) is 0 Å². The first kappa shape index (κ1) is 11.7. The molecule has 0 N–H and O–H groups in total. The minimum atomic E-state index is -0.378. The molecule has 0 aromatic heterocycles. The van der Waals surface area contributed by atoms with Crippen LogP contribution < -0.4 is 0 Å². The van der Waals surface area contributed by atoms with Crippen LogP contribution in [-0.4, -0.2) is 28.7 Å². The Morgan fingerprint density at radius 2 is 2.06 bits per heavy atom. The second-order valence-electron chi connectivity index (χ2n) is 6.09. The van der Waals surface area contributed by atoms with E-state index in [1.165, 1.54) is 19.3 Å². The zero-order valence-electron chi connectivity index (χ0n) is 10.8. The van der Waals surface area contributed by atoms with Crippen LogP contribution in [0.15, 0.2) is 0 Å². The van der Waals surface area contributed by atoms with Gasteiger partial charge in [0.15, 0.2) is 0 Å². The summed E-state index contributed by atoms with van der Waals surface area (Å²) in [5.74, 6) is 0.725. The first-order valence-electron chi connectivity index (χ1n) is 6.43. The Morgan fingerprint density at radius 1 is 1.38 bits per heavy atom. The molecule has 0 aromatic carbocycles. The first-order chi connectivity index (χ1) is 7.42. The van der Waals surface area contributed by atoms with Gasteiger partial charge < -0.3 is 9.64 Å². The monoisotopic (exact) mass is 225 g/mol. The highest BCUT2D eigenvalue weighted by molar-refractivity contribution is 5.69. The van der Waals surface area contributed by atoms with E-state index in [1.807, 2.05) is 25.7 Å². The van der Waals surface area contributed by atoms with Crippen molar-refractivity contribution in [2.45, 2.75) is 71.1 Å². The predicted octanol–water partition coefficient (Wildman–Crippen LogP) is 3.18. The Balaban J connectivity index is 2.06. The average Bonchev–Trinajstić information content (AvgIpc) is 2.72. The van der Waals surface area contributed by atoms with E-state index in [9.17, 15) is 4.79 Å². The Morgan fingerprint density at radius 3 is 2.62 bits per heavy atom. The van der Waals surface area contributed by atoms with Gasteiger partial charge in [0.25, 0.3) is 0 Å². The van der Waals surface area contributed by atoms with Crippen molar-refractivity contribution in [3.8, 4) is 0 Å². The summed E-state index contributed by atoms with van der Waals surface area (Å²) in [7, 11) is 0. The fraction of sp³-hybridized carbons (Fsp3) is 0.923. The molecule has 2 fully saturated rings. The van der Waals surface area contributed by atoms with Crippen LogP contribution in [0.5, 0.6) is 0 Å². The number of amides is 1. The van der Waals surface area contributed by atoms with Gasteiger partial charge in [0.05, 0.1) is 0 Å². The molecule has 1 aliphatic heterocycles. The number of rotatable bonds is 1. The molecular weight excluding hydrogens is 202 g/mol. The molecule has 1 heterocycles. The zero-order chi connectivity index (χ0) is 11.9. The van der Waals surface area contributed by atoms with Crippen molar-refractivity contribution in [1.82, 2.24) is 4.90 Å². The van der Waals surface area contributed by atoms with E-state index < -0.39 is 0 Å². The van der Waals surface area contributed by atoms with E-state index in [1.54, 1.807) is 0 Å². The molecule has 2 rings (SSSR count). The smallest absolute Gasteiger partial charge is 0.410 e. The van der Waals surface area contributed by atoms with Crippen molar-refractivity contribution in [2.24, 2.45) is 5.92 Å². The molecule has 0 unspecified atom stereocenters. The summed E-state index contributed by atoms with van der Waals surface area (Å²) >= 11 is 0. The first-order valence-corrected chi connectivity index (χ1v) is 6.43. The number of ether oxygens (including phenoxy) is 1. The number of hydrogen-bond donors (Lipinski definition) is 0. The number of hydrogen-bond acceptors (Lipinski definition) is 2. The van der Waals surface area contributed by atoms with Gasteiger partial charge >= 0.3 is 6.09 Å². The number of carbonyl (C=O) groups excluding carboxylic acids is 1. The van der Waals surface area contributed by atoms with E-state index in [-0.39, 0.29) is 11.7 Å². The molecule has 16 heavy (non-hydrogen) atoms. The van der Waals surface area contributed by atoms with Crippen LogP contribution >= 0.6 is 0 Å².